The third kappa shape index (κ3) is 2.58. The normalized spacial score (nSPS) is 11.3. The molecule has 0 fully saturated rings. The Morgan fingerprint density at radius 1 is 1.30 bits per heavy atom. The van der Waals surface area contributed by atoms with Crippen molar-refractivity contribution in [3.05, 3.63) is 42.2 Å². The molecule has 0 spiro atoms. The number of aromatic nitrogens is 3. The second kappa shape index (κ2) is 6.03. The predicted molar refractivity (Wildman–Crippen MR) is 98.1 cm³/mol. The number of benzene rings is 1. The fraction of sp³-hybridized carbons (Fsp3) is 0.368. The fourth-order valence-corrected chi connectivity index (χ4v) is 3.11. The van der Waals surface area contributed by atoms with Crippen molar-refractivity contribution in [3.63, 3.8) is 0 Å². The van der Waals surface area contributed by atoms with Gasteiger partial charge >= 0.3 is 0 Å². The van der Waals surface area contributed by atoms with E-state index in [1.807, 2.05) is 19.3 Å². The first-order valence-corrected chi connectivity index (χ1v) is 8.25. The topological polar surface area (TPSA) is 33.4 Å². The van der Waals surface area contributed by atoms with Crippen LogP contribution in [0, 0.1) is 6.92 Å². The number of fused-ring (bicyclic) bond motifs is 3. The molecule has 2 heterocycles. The summed E-state index contributed by atoms with van der Waals surface area (Å²) < 4.78 is 2.10. The van der Waals surface area contributed by atoms with Crippen molar-refractivity contribution in [2.24, 2.45) is 0 Å². The zero-order chi connectivity index (χ0) is 16.6. The number of allylic oxidation sites excluding steroid dienone is 1. The van der Waals surface area contributed by atoms with Crippen LogP contribution in [-0.4, -0.2) is 27.5 Å². The third-order valence-corrected chi connectivity index (χ3v) is 4.18. The quantitative estimate of drug-likeness (QED) is 0.697. The lowest BCUT2D eigenvalue weighted by atomic mass is 10.0. The monoisotopic (exact) mass is 308 g/mol. The summed E-state index contributed by atoms with van der Waals surface area (Å²) in [6.07, 6.45) is 4.94. The first-order chi connectivity index (χ1) is 11.1. The summed E-state index contributed by atoms with van der Waals surface area (Å²) in [5.74, 6) is 0.959. The third-order valence-electron chi connectivity index (χ3n) is 4.18. The summed E-state index contributed by atoms with van der Waals surface area (Å²) in [5.41, 5.74) is 5.30. The van der Waals surface area contributed by atoms with Gasteiger partial charge in [0.1, 0.15) is 5.65 Å². The largest absolute Gasteiger partial charge is 0.342 e. The maximum absolute atomic E-state index is 5.02. The minimum absolute atomic E-state index is 0.924. The van der Waals surface area contributed by atoms with E-state index in [0.717, 1.165) is 53.1 Å². The van der Waals surface area contributed by atoms with Crippen molar-refractivity contribution in [2.75, 3.05) is 18.0 Å². The number of rotatable bonds is 5. The predicted octanol–water partition coefficient (Wildman–Crippen LogP) is 4.46. The van der Waals surface area contributed by atoms with Gasteiger partial charge in [0, 0.05) is 36.4 Å². The summed E-state index contributed by atoms with van der Waals surface area (Å²) in [4.78, 5) is 11.9. The van der Waals surface area contributed by atoms with Crippen LogP contribution in [0.1, 0.15) is 38.3 Å². The summed E-state index contributed by atoms with van der Waals surface area (Å²) in [6.45, 7) is 14.5. The maximum Gasteiger partial charge on any atom is 0.211 e. The zero-order valence-electron chi connectivity index (χ0n) is 14.4. The van der Waals surface area contributed by atoms with Crippen molar-refractivity contribution in [1.82, 2.24) is 14.4 Å². The van der Waals surface area contributed by atoms with Crippen molar-refractivity contribution in [2.45, 2.75) is 34.1 Å². The SMILES string of the molecule is C=C(C)c1cc(C)cc2c1nc(N(CC)CCC)n1ccnc21. The summed E-state index contributed by atoms with van der Waals surface area (Å²) in [6, 6.07) is 4.33. The van der Waals surface area contributed by atoms with Gasteiger partial charge in [0.2, 0.25) is 5.95 Å². The van der Waals surface area contributed by atoms with E-state index in [-0.39, 0.29) is 0 Å². The average Bonchev–Trinajstić information content (AvgIpc) is 3.01. The fourth-order valence-electron chi connectivity index (χ4n) is 3.11. The molecule has 0 aliphatic rings. The first-order valence-electron chi connectivity index (χ1n) is 8.25. The van der Waals surface area contributed by atoms with Crippen LogP contribution in [0.5, 0.6) is 0 Å². The first kappa shape index (κ1) is 15.5. The second-order valence-electron chi connectivity index (χ2n) is 6.10. The molecule has 0 saturated carbocycles. The highest BCUT2D eigenvalue weighted by Gasteiger charge is 2.16. The number of nitrogens with zero attached hydrogens (tertiary/aromatic N) is 4. The molecule has 0 N–H and O–H groups in total. The van der Waals surface area contributed by atoms with E-state index >= 15 is 0 Å². The Hall–Kier alpha value is -2.36. The highest BCUT2D eigenvalue weighted by Crippen LogP contribution is 2.29. The van der Waals surface area contributed by atoms with Crippen LogP contribution in [0.15, 0.2) is 31.1 Å². The van der Waals surface area contributed by atoms with Gasteiger partial charge in [0.05, 0.1) is 5.52 Å². The molecule has 3 rings (SSSR count). The molecule has 4 nitrogen and oxygen atoms in total. The molecule has 0 aliphatic heterocycles. The Kier molecular flexibility index (Phi) is 4.07. The van der Waals surface area contributed by atoms with Crippen LogP contribution in [0.3, 0.4) is 0 Å². The molecule has 0 unspecified atom stereocenters. The van der Waals surface area contributed by atoms with Crippen molar-refractivity contribution >= 4 is 28.1 Å². The zero-order valence-corrected chi connectivity index (χ0v) is 14.4. The van der Waals surface area contributed by atoms with Crippen molar-refractivity contribution in [3.8, 4) is 0 Å². The van der Waals surface area contributed by atoms with Gasteiger partial charge in [-0.15, -0.1) is 0 Å². The smallest absolute Gasteiger partial charge is 0.211 e. The highest BCUT2D eigenvalue weighted by molar-refractivity contribution is 5.99. The summed E-state index contributed by atoms with van der Waals surface area (Å²) in [5, 5.41) is 1.09. The van der Waals surface area contributed by atoms with E-state index in [2.05, 4.69) is 53.8 Å². The Balaban J connectivity index is 2.41. The van der Waals surface area contributed by atoms with Crippen molar-refractivity contribution < 1.29 is 0 Å². The van der Waals surface area contributed by atoms with E-state index in [4.69, 9.17) is 4.98 Å². The minimum atomic E-state index is 0.924. The molecule has 23 heavy (non-hydrogen) atoms. The van der Waals surface area contributed by atoms with Crippen LogP contribution in [-0.2, 0) is 0 Å². The summed E-state index contributed by atoms with van der Waals surface area (Å²) >= 11 is 0. The number of aryl methyl sites for hydroxylation is 1. The molecule has 120 valence electrons. The summed E-state index contributed by atoms with van der Waals surface area (Å²) in [7, 11) is 0. The van der Waals surface area contributed by atoms with E-state index in [9.17, 15) is 0 Å². The second-order valence-corrected chi connectivity index (χ2v) is 6.10. The van der Waals surface area contributed by atoms with Crippen molar-refractivity contribution in [1.29, 1.82) is 0 Å². The Bertz CT molecular complexity index is 876. The van der Waals surface area contributed by atoms with E-state index < -0.39 is 0 Å². The van der Waals surface area contributed by atoms with Crippen LogP contribution in [0.2, 0.25) is 0 Å². The van der Waals surface area contributed by atoms with E-state index in [0.29, 0.717) is 0 Å². The molecular formula is C19H24N4. The number of imidazole rings is 1. The number of hydrogen-bond donors (Lipinski definition) is 0. The molecule has 4 heteroatoms. The molecule has 1 aromatic carbocycles. The molecular weight excluding hydrogens is 284 g/mol. The number of hydrogen-bond acceptors (Lipinski definition) is 3. The standard InChI is InChI=1S/C19H24N4/c1-6-9-22(7-2)19-21-17-15(13(3)4)11-14(5)12-16(17)18-20-8-10-23(18)19/h8,10-12H,3,6-7,9H2,1-2,4-5H3. The van der Waals surface area contributed by atoms with Gasteiger partial charge in [-0.3, -0.25) is 4.40 Å². The number of anilines is 1. The van der Waals surface area contributed by atoms with Gasteiger partial charge in [0.15, 0.2) is 0 Å². The highest BCUT2D eigenvalue weighted by atomic mass is 15.3. The lowest BCUT2D eigenvalue weighted by molar-refractivity contribution is 0.757. The molecule has 0 bridgehead atoms. The maximum atomic E-state index is 5.02. The Morgan fingerprint density at radius 2 is 2.09 bits per heavy atom. The van der Waals surface area contributed by atoms with Gasteiger partial charge in [-0.1, -0.05) is 13.5 Å². The van der Waals surface area contributed by atoms with Gasteiger partial charge in [0.25, 0.3) is 0 Å². The lowest BCUT2D eigenvalue weighted by Gasteiger charge is -2.23. The van der Waals surface area contributed by atoms with Gasteiger partial charge < -0.3 is 4.90 Å². The molecule has 2 aromatic heterocycles. The van der Waals surface area contributed by atoms with E-state index in [1.165, 1.54) is 5.56 Å². The molecule has 0 aliphatic carbocycles. The molecule has 0 atom stereocenters. The van der Waals surface area contributed by atoms with Crippen LogP contribution in [0.25, 0.3) is 22.1 Å². The van der Waals surface area contributed by atoms with Crippen LogP contribution >= 0.6 is 0 Å². The van der Waals surface area contributed by atoms with Crippen LogP contribution in [0.4, 0.5) is 5.95 Å². The van der Waals surface area contributed by atoms with Crippen LogP contribution < -0.4 is 4.90 Å². The Morgan fingerprint density at radius 3 is 2.74 bits per heavy atom. The average molecular weight is 308 g/mol. The molecule has 0 amide bonds. The molecule has 0 radical (unpaired) electrons. The van der Waals surface area contributed by atoms with Gasteiger partial charge in [-0.05, 0) is 50.5 Å². The Labute approximate surface area is 137 Å². The van der Waals surface area contributed by atoms with Gasteiger partial charge in [-0.25, -0.2) is 9.97 Å². The molecule has 3 aromatic rings. The van der Waals surface area contributed by atoms with E-state index in [1.54, 1.807) is 0 Å². The van der Waals surface area contributed by atoms with Gasteiger partial charge in [-0.2, -0.15) is 0 Å². The molecule has 0 saturated heterocycles. The minimum Gasteiger partial charge on any atom is -0.342 e. The lowest BCUT2D eigenvalue weighted by Crippen LogP contribution is -2.26.